The third-order valence-electron chi connectivity index (χ3n) is 3.75. The molecule has 1 saturated carbocycles. The second-order valence-electron chi connectivity index (χ2n) is 5.15. The second-order valence-corrected chi connectivity index (χ2v) is 6.06. The molecule has 2 unspecified atom stereocenters. The van der Waals surface area contributed by atoms with E-state index in [9.17, 15) is 13.2 Å². The summed E-state index contributed by atoms with van der Waals surface area (Å²) in [6.07, 6.45) is 0.611. The van der Waals surface area contributed by atoms with Crippen LogP contribution in [0.3, 0.4) is 0 Å². The molecule has 20 heavy (non-hydrogen) atoms. The van der Waals surface area contributed by atoms with Crippen molar-refractivity contribution < 1.29 is 13.2 Å². The van der Waals surface area contributed by atoms with Crippen LogP contribution in [-0.2, 0) is 6.18 Å². The highest BCUT2D eigenvalue weighted by Crippen LogP contribution is 2.38. The molecule has 2 N–H and O–H groups in total. The summed E-state index contributed by atoms with van der Waals surface area (Å²) in [6, 6.07) is 0.853. The summed E-state index contributed by atoms with van der Waals surface area (Å²) in [5, 5.41) is 0. The largest absolute Gasteiger partial charge is 0.419 e. The van der Waals surface area contributed by atoms with Gasteiger partial charge in [0, 0.05) is 29.8 Å². The maximum absolute atomic E-state index is 13.1. The number of aromatic nitrogens is 1. The fourth-order valence-corrected chi connectivity index (χ4v) is 3.03. The maximum Gasteiger partial charge on any atom is 0.419 e. The Hall–Kier alpha value is -0.820. The average Bonchev–Trinajstić information content (AvgIpc) is 2.37. The lowest BCUT2D eigenvalue weighted by molar-refractivity contribution is -0.137. The Balaban J connectivity index is 2.36. The van der Waals surface area contributed by atoms with Gasteiger partial charge in [0.25, 0.3) is 0 Å². The molecule has 0 amide bonds. The van der Waals surface area contributed by atoms with Gasteiger partial charge in [-0.15, -0.1) is 0 Å². The van der Waals surface area contributed by atoms with Gasteiger partial charge in [-0.05, 0) is 34.8 Å². The Kier molecular flexibility index (Phi) is 4.59. The summed E-state index contributed by atoms with van der Waals surface area (Å²) in [5.41, 5.74) is 5.32. The molecule has 0 spiro atoms. The monoisotopic (exact) mass is 351 g/mol. The smallest absolute Gasteiger partial charge is 0.355 e. The first kappa shape index (κ1) is 15.6. The lowest BCUT2D eigenvalue weighted by Gasteiger charge is -2.37. The molecular formula is C13H17BrF3N3. The van der Waals surface area contributed by atoms with Gasteiger partial charge >= 0.3 is 6.18 Å². The molecule has 1 heterocycles. The fraction of sp³-hybridized carbons (Fsp3) is 0.615. The van der Waals surface area contributed by atoms with Crippen molar-refractivity contribution in [2.24, 2.45) is 5.73 Å². The van der Waals surface area contributed by atoms with E-state index < -0.39 is 11.7 Å². The van der Waals surface area contributed by atoms with Crippen molar-refractivity contribution in [1.29, 1.82) is 0 Å². The van der Waals surface area contributed by atoms with Crippen LogP contribution in [0.4, 0.5) is 19.0 Å². The second kappa shape index (κ2) is 5.89. The zero-order chi connectivity index (χ0) is 14.9. The first-order valence-electron chi connectivity index (χ1n) is 6.52. The first-order valence-corrected chi connectivity index (χ1v) is 7.31. The van der Waals surface area contributed by atoms with Gasteiger partial charge in [-0.2, -0.15) is 13.2 Å². The van der Waals surface area contributed by atoms with Gasteiger partial charge < -0.3 is 10.6 Å². The molecule has 0 radical (unpaired) electrons. The van der Waals surface area contributed by atoms with E-state index in [-0.39, 0.29) is 17.9 Å². The van der Waals surface area contributed by atoms with Crippen LogP contribution in [0.25, 0.3) is 0 Å². The van der Waals surface area contributed by atoms with Crippen LogP contribution in [0.1, 0.15) is 31.2 Å². The highest BCUT2D eigenvalue weighted by Gasteiger charge is 2.37. The van der Waals surface area contributed by atoms with Crippen molar-refractivity contribution in [3.8, 4) is 0 Å². The quantitative estimate of drug-likeness (QED) is 0.885. The van der Waals surface area contributed by atoms with E-state index >= 15 is 0 Å². The van der Waals surface area contributed by atoms with Crippen LogP contribution in [0.5, 0.6) is 0 Å². The van der Waals surface area contributed by atoms with Crippen LogP contribution in [0, 0.1) is 0 Å². The van der Waals surface area contributed by atoms with Crippen molar-refractivity contribution >= 4 is 21.7 Å². The third-order valence-corrected chi connectivity index (χ3v) is 4.19. The van der Waals surface area contributed by atoms with Crippen molar-refractivity contribution in [1.82, 2.24) is 4.98 Å². The minimum Gasteiger partial charge on any atom is -0.355 e. The number of halogens is 4. The molecule has 0 aromatic carbocycles. The summed E-state index contributed by atoms with van der Waals surface area (Å²) in [6.45, 7) is 0. The normalized spacial score (nSPS) is 23.7. The van der Waals surface area contributed by atoms with Gasteiger partial charge in [0.15, 0.2) is 0 Å². The molecule has 1 aromatic rings. The molecule has 7 heteroatoms. The fourth-order valence-electron chi connectivity index (χ4n) is 2.70. The Morgan fingerprint density at radius 3 is 2.60 bits per heavy atom. The minimum atomic E-state index is -4.43. The van der Waals surface area contributed by atoms with Crippen LogP contribution in [0.2, 0.25) is 0 Å². The van der Waals surface area contributed by atoms with Gasteiger partial charge in [0.1, 0.15) is 5.82 Å². The summed E-state index contributed by atoms with van der Waals surface area (Å²) in [5.74, 6) is -0.0527. The van der Waals surface area contributed by atoms with E-state index in [0.29, 0.717) is 4.47 Å². The molecule has 1 aliphatic carbocycles. The van der Waals surface area contributed by atoms with Crippen molar-refractivity contribution in [2.45, 2.75) is 43.9 Å². The van der Waals surface area contributed by atoms with E-state index in [1.807, 2.05) is 0 Å². The Labute approximate surface area is 124 Å². The number of nitrogens with two attached hydrogens (primary N) is 1. The van der Waals surface area contributed by atoms with E-state index in [1.165, 1.54) is 6.20 Å². The molecule has 1 fully saturated rings. The molecule has 0 aliphatic heterocycles. The summed E-state index contributed by atoms with van der Waals surface area (Å²) < 4.78 is 39.7. The summed E-state index contributed by atoms with van der Waals surface area (Å²) in [7, 11) is 1.64. The number of anilines is 1. The highest BCUT2D eigenvalue weighted by molar-refractivity contribution is 9.10. The van der Waals surface area contributed by atoms with Crippen LogP contribution in [-0.4, -0.2) is 24.1 Å². The Bertz CT molecular complexity index is 478. The molecule has 1 aliphatic rings. The number of hydrogen-bond donors (Lipinski definition) is 1. The molecule has 3 nitrogen and oxygen atoms in total. The van der Waals surface area contributed by atoms with Gasteiger partial charge in [0.05, 0.1) is 5.56 Å². The van der Waals surface area contributed by atoms with Gasteiger partial charge in [0.2, 0.25) is 0 Å². The summed E-state index contributed by atoms with van der Waals surface area (Å²) in [4.78, 5) is 5.54. The minimum absolute atomic E-state index is 0.0527. The van der Waals surface area contributed by atoms with Gasteiger partial charge in [-0.3, -0.25) is 0 Å². The predicted molar refractivity (Wildman–Crippen MR) is 75.6 cm³/mol. The SMILES string of the molecule is CN(c1ncc(Br)cc1C(F)(F)F)C1CCCCC1N. The van der Waals surface area contributed by atoms with Crippen molar-refractivity contribution in [2.75, 3.05) is 11.9 Å². The van der Waals surface area contributed by atoms with Crippen molar-refractivity contribution in [3.05, 3.63) is 22.3 Å². The highest BCUT2D eigenvalue weighted by atomic mass is 79.9. The number of alkyl halides is 3. The number of hydrogen-bond acceptors (Lipinski definition) is 3. The molecule has 2 atom stereocenters. The van der Waals surface area contributed by atoms with Crippen LogP contribution < -0.4 is 10.6 Å². The topological polar surface area (TPSA) is 42.2 Å². The molecule has 112 valence electrons. The number of nitrogens with zero attached hydrogens (tertiary/aromatic N) is 2. The predicted octanol–water partition coefficient (Wildman–Crippen LogP) is 3.57. The third kappa shape index (κ3) is 3.25. The molecule has 2 rings (SSSR count). The number of rotatable bonds is 2. The van der Waals surface area contributed by atoms with Gasteiger partial charge in [-0.1, -0.05) is 12.8 Å². The standard InChI is InChI=1S/C13H17BrF3N3/c1-20(11-5-3-2-4-10(11)18)12-9(13(15,16)17)6-8(14)7-19-12/h6-7,10-11H,2-5,18H2,1H3. The maximum atomic E-state index is 13.1. The van der Waals surface area contributed by atoms with E-state index in [4.69, 9.17) is 5.73 Å². The van der Waals surface area contributed by atoms with E-state index in [2.05, 4.69) is 20.9 Å². The molecular weight excluding hydrogens is 335 g/mol. The Morgan fingerprint density at radius 2 is 2.00 bits per heavy atom. The van der Waals surface area contributed by atoms with E-state index in [1.54, 1.807) is 11.9 Å². The van der Waals surface area contributed by atoms with Gasteiger partial charge in [-0.25, -0.2) is 4.98 Å². The average molecular weight is 352 g/mol. The number of pyridine rings is 1. The molecule has 0 bridgehead atoms. The molecule has 1 aromatic heterocycles. The molecule has 0 saturated heterocycles. The van der Waals surface area contributed by atoms with E-state index in [0.717, 1.165) is 31.7 Å². The lowest BCUT2D eigenvalue weighted by Crippen LogP contribution is -2.48. The van der Waals surface area contributed by atoms with Crippen LogP contribution >= 0.6 is 15.9 Å². The lowest BCUT2D eigenvalue weighted by atomic mass is 9.90. The zero-order valence-corrected chi connectivity index (χ0v) is 12.7. The first-order chi connectivity index (χ1) is 9.30. The number of likely N-dealkylation sites (N-methyl/N-ethyl adjacent to an activating group) is 1. The van der Waals surface area contributed by atoms with Crippen molar-refractivity contribution in [3.63, 3.8) is 0 Å². The van der Waals surface area contributed by atoms with Crippen LogP contribution in [0.15, 0.2) is 16.7 Å². The zero-order valence-electron chi connectivity index (χ0n) is 11.1. The summed E-state index contributed by atoms with van der Waals surface area (Å²) >= 11 is 3.04. The Morgan fingerprint density at radius 1 is 1.35 bits per heavy atom.